The van der Waals surface area contributed by atoms with Crippen molar-refractivity contribution in [1.29, 1.82) is 0 Å². The Labute approximate surface area is 118 Å². The predicted molar refractivity (Wildman–Crippen MR) is 75.6 cm³/mol. The van der Waals surface area contributed by atoms with Gasteiger partial charge in [-0.05, 0) is 39.9 Å². The fraction of sp³-hybridized carbons (Fsp3) is 0.455. The average Bonchev–Trinajstić information content (AvgIpc) is 2.73. The van der Waals surface area contributed by atoms with Crippen molar-refractivity contribution in [3.63, 3.8) is 0 Å². The highest BCUT2D eigenvalue weighted by atomic mass is 79.9. The number of amides is 1. The summed E-state index contributed by atoms with van der Waals surface area (Å²) in [4.78, 5) is 20.5. The average molecular weight is 325 g/mol. The third-order valence-corrected chi connectivity index (χ3v) is 3.95. The van der Waals surface area contributed by atoms with E-state index in [9.17, 15) is 4.79 Å². The zero-order valence-corrected chi connectivity index (χ0v) is 12.0. The third kappa shape index (κ3) is 2.64. The van der Waals surface area contributed by atoms with Crippen molar-refractivity contribution in [2.24, 2.45) is 11.0 Å². The van der Waals surface area contributed by atoms with Gasteiger partial charge in [-0.25, -0.2) is 4.98 Å². The maximum Gasteiger partial charge on any atom is 0.227 e. The Morgan fingerprint density at radius 2 is 2.47 bits per heavy atom. The summed E-state index contributed by atoms with van der Waals surface area (Å²) in [5, 5.41) is 3.52. The van der Waals surface area contributed by atoms with E-state index in [1.165, 1.54) is 0 Å². The highest BCUT2D eigenvalue weighted by Gasteiger charge is 2.32. The number of halogens is 1. The molecule has 7 nitrogen and oxygen atoms in total. The van der Waals surface area contributed by atoms with Gasteiger partial charge in [0, 0.05) is 35.1 Å². The molecule has 0 aromatic carbocycles. The summed E-state index contributed by atoms with van der Waals surface area (Å²) in [6.07, 6.45) is 1.98. The minimum absolute atomic E-state index is 0.0205. The molecule has 1 aromatic rings. The second-order valence-electron chi connectivity index (χ2n) is 4.45. The number of nitrogen functional groups attached to an aromatic ring is 1. The fourth-order valence-electron chi connectivity index (χ4n) is 2.20. The molecule has 1 aliphatic rings. The summed E-state index contributed by atoms with van der Waals surface area (Å²) >= 11 is 3.38. The van der Waals surface area contributed by atoms with Gasteiger partial charge in [-0.15, -0.1) is 0 Å². The van der Waals surface area contributed by atoms with Gasteiger partial charge < -0.3 is 10.6 Å². The first kappa shape index (κ1) is 13.6. The molecule has 8 heteroatoms. The lowest BCUT2D eigenvalue weighted by molar-refractivity contribution is -0.117. The summed E-state index contributed by atoms with van der Waals surface area (Å²) in [6.45, 7) is 2.70. The molecule has 0 radical (unpaired) electrons. The summed E-state index contributed by atoms with van der Waals surface area (Å²) in [5.41, 5.74) is 15.7. The van der Waals surface area contributed by atoms with Gasteiger partial charge in [0.15, 0.2) is 0 Å². The molecular formula is C11H13BrN6O. The van der Waals surface area contributed by atoms with Gasteiger partial charge in [-0.2, -0.15) is 0 Å². The van der Waals surface area contributed by atoms with Gasteiger partial charge in [0.1, 0.15) is 5.82 Å². The van der Waals surface area contributed by atoms with Crippen LogP contribution in [-0.4, -0.2) is 24.0 Å². The zero-order chi connectivity index (χ0) is 14.0. The molecule has 1 aliphatic heterocycles. The minimum atomic E-state index is -0.0205. The SMILES string of the molecule is Cc1c(Br)cnc(N)c1N1CC(CN=[N+]=[N-])CC1=O. The number of hydrogen-bond acceptors (Lipinski definition) is 4. The Balaban J connectivity index is 2.30. The van der Waals surface area contributed by atoms with E-state index >= 15 is 0 Å². The van der Waals surface area contributed by atoms with Crippen molar-refractivity contribution in [2.45, 2.75) is 13.3 Å². The van der Waals surface area contributed by atoms with Crippen LogP contribution >= 0.6 is 15.9 Å². The first-order chi connectivity index (χ1) is 9.04. The molecule has 2 N–H and O–H groups in total. The maximum absolute atomic E-state index is 12.1. The quantitative estimate of drug-likeness (QED) is 0.523. The van der Waals surface area contributed by atoms with Crippen LogP contribution in [0.2, 0.25) is 0 Å². The molecule has 0 bridgehead atoms. The molecule has 0 saturated carbocycles. The van der Waals surface area contributed by atoms with Crippen LogP contribution < -0.4 is 10.6 Å². The van der Waals surface area contributed by atoms with Crippen molar-refractivity contribution in [2.75, 3.05) is 23.7 Å². The number of nitrogens with two attached hydrogens (primary N) is 1. The highest BCUT2D eigenvalue weighted by Crippen LogP contribution is 2.34. The van der Waals surface area contributed by atoms with E-state index in [0.717, 1.165) is 10.0 Å². The molecule has 1 aromatic heterocycles. The van der Waals surface area contributed by atoms with E-state index in [1.54, 1.807) is 11.1 Å². The Morgan fingerprint density at radius 3 is 3.16 bits per heavy atom. The van der Waals surface area contributed by atoms with Crippen LogP contribution in [0.5, 0.6) is 0 Å². The Hall–Kier alpha value is -1.79. The number of pyridine rings is 1. The summed E-state index contributed by atoms with van der Waals surface area (Å²) in [7, 11) is 0. The first-order valence-corrected chi connectivity index (χ1v) is 6.55. The Morgan fingerprint density at radius 1 is 1.74 bits per heavy atom. The number of anilines is 2. The lowest BCUT2D eigenvalue weighted by Gasteiger charge is -2.21. The van der Waals surface area contributed by atoms with E-state index in [2.05, 4.69) is 30.9 Å². The van der Waals surface area contributed by atoms with Crippen LogP contribution in [0.15, 0.2) is 15.8 Å². The largest absolute Gasteiger partial charge is 0.382 e. The van der Waals surface area contributed by atoms with Crippen molar-refractivity contribution >= 4 is 33.3 Å². The lowest BCUT2D eigenvalue weighted by Crippen LogP contribution is -2.27. The normalized spacial score (nSPS) is 18.5. The molecule has 0 aliphatic carbocycles. The van der Waals surface area contributed by atoms with E-state index in [0.29, 0.717) is 31.0 Å². The fourth-order valence-corrected chi connectivity index (χ4v) is 2.49. The number of nitrogens with zero attached hydrogens (tertiary/aromatic N) is 5. The molecule has 1 fully saturated rings. The molecule has 1 atom stereocenters. The summed E-state index contributed by atoms with van der Waals surface area (Å²) in [6, 6.07) is 0. The van der Waals surface area contributed by atoms with E-state index in [4.69, 9.17) is 11.3 Å². The smallest absolute Gasteiger partial charge is 0.227 e. The van der Waals surface area contributed by atoms with E-state index in [-0.39, 0.29) is 11.8 Å². The van der Waals surface area contributed by atoms with Gasteiger partial charge >= 0.3 is 0 Å². The molecule has 1 amide bonds. The molecule has 100 valence electrons. The van der Waals surface area contributed by atoms with Crippen LogP contribution in [0.25, 0.3) is 10.4 Å². The zero-order valence-electron chi connectivity index (χ0n) is 10.4. The van der Waals surface area contributed by atoms with Crippen LogP contribution in [0.4, 0.5) is 11.5 Å². The monoisotopic (exact) mass is 324 g/mol. The van der Waals surface area contributed by atoms with Crippen LogP contribution in [0.3, 0.4) is 0 Å². The lowest BCUT2D eigenvalue weighted by atomic mass is 10.1. The predicted octanol–water partition coefficient (Wildman–Crippen LogP) is 2.40. The number of hydrogen-bond donors (Lipinski definition) is 1. The number of azide groups is 1. The number of rotatable bonds is 3. The van der Waals surface area contributed by atoms with E-state index < -0.39 is 0 Å². The van der Waals surface area contributed by atoms with Gasteiger partial charge in [-0.3, -0.25) is 4.79 Å². The standard InChI is InChI=1S/C11H13BrN6O/c1-6-8(12)4-15-11(13)10(6)18-5-7(2-9(18)19)3-16-17-14/h4,7H,2-3,5H2,1H3,(H2,13,15). The summed E-state index contributed by atoms with van der Waals surface area (Å²) in [5.74, 6) is 0.340. The van der Waals surface area contributed by atoms with E-state index in [1.807, 2.05) is 6.92 Å². The molecule has 2 heterocycles. The topological polar surface area (TPSA) is 108 Å². The second-order valence-corrected chi connectivity index (χ2v) is 5.31. The van der Waals surface area contributed by atoms with Crippen molar-refractivity contribution < 1.29 is 4.79 Å². The highest BCUT2D eigenvalue weighted by molar-refractivity contribution is 9.10. The molecule has 1 unspecified atom stereocenters. The van der Waals surface area contributed by atoms with Crippen molar-refractivity contribution in [3.05, 3.63) is 26.7 Å². The van der Waals surface area contributed by atoms with Crippen molar-refractivity contribution in [3.8, 4) is 0 Å². The van der Waals surface area contributed by atoms with Crippen LogP contribution in [0.1, 0.15) is 12.0 Å². The third-order valence-electron chi connectivity index (χ3n) is 3.15. The maximum atomic E-state index is 12.1. The first-order valence-electron chi connectivity index (χ1n) is 5.76. The second kappa shape index (κ2) is 5.46. The molecule has 1 saturated heterocycles. The number of carbonyl (C=O) groups is 1. The molecule has 2 rings (SSSR count). The molecule has 19 heavy (non-hydrogen) atoms. The Kier molecular flexibility index (Phi) is 3.92. The number of aromatic nitrogens is 1. The minimum Gasteiger partial charge on any atom is -0.382 e. The van der Waals surface area contributed by atoms with Crippen molar-refractivity contribution in [1.82, 2.24) is 4.98 Å². The molecular weight excluding hydrogens is 312 g/mol. The Bertz CT molecular complexity index is 569. The summed E-state index contributed by atoms with van der Waals surface area (Å²) < 4.78 is 0.808. The number of carbonyl (C=O) groups excluding carboxylic acids is 1. The van der Waals surface area contributed by atoms with Gasteiger partial charge in [-0.1, -0.05) is 5.11 Å². The van der Waals surface area contributed by atoms with Gasteiger partial charge in [0.05, 0.1) is 5.69 Å². The van der Waals surface area contributed by atoms with Crippen LogP contribution in [0, 0.1) is 12.8 Å². The van der Waals surface area contributed by atoms with Gasteiger partial charge in [0.2, 0.25) is 5.91 Å². The van der Waals surface area contributed by atoms with Crippen LogP contribution in [-0.2, 0) is 4.79 Å². The molecule has 0 spiro atoms. The van der Waals surface area contributed by atoms with Gasteiger partial charge in [0.25, 0.3) is 0 Å².